The second kappa shape index (κ2) is 9.47. The smallest absolute Gasteiger partial charge is 0.166 e. The molecule has 0 N–H and O–H groups in total. The highest BCUT2D eigenvalue weighted by Crippen LogP contribution is 2.36. The van der Waals surface area contributed by atoms with E-state index in [0.29, 0.717) is 5.41 Å². The van der Waals surface area contributed by atoms with Crippen molar-refractivity contribution in [2.45, 2.75) is 93.2 Å². The second-order valence-electron chi connectivity index (χ2n) is 10.8. The molecule has 0 radical (unpaired) electrons. The minimum absolute atomic E-state index is 0.0970. The lowest BCUT2D eigenvalue weighted by atomic mass is 9.75. The van der Waals surface area contributed by atoms with Crippen molar-refractivity contribution in [1.29, 1.82) is 0 Å². The Hall–Kier alpha value is -0.990. The molecule has 1 fully saturated rings. The maximum Gasteiger partial charge on any atom is 0.416 e. The summed E-state index contributed by atoms with van der Waals surface area (Å²) in [5.41, 5.74) is 1.00. The van der Waals surface area contributed by atoms with Crippen molar-refractivity contribution in [3.63, 3.8) is 0 Å². The molecule has 0 heterocycles. The molecule has 0 aromatic heterocycles. The van der Waals surface area contributed by atoms with Crippen LogP contribution in [0.1, 0.15) is 91.7 Å². The van der Waals surface area contributed by atoms with E-state index in [-0.39, 0.29) is 5.41 Å². The van der Waals surface area contributed by atoms with Gasteiger partial charge in [0.2, 0.25) is 0 Å². The Balaban J connectivity index is 0.000000277. The zero-order chi connectivity index (χ0) is 20.9. The molecular weight excluding hydrogens is 345 g/mol. The summed E-state index contributed by atoms with van der Waals surface area (Å²) in [6, 6.07) is 5.38. The third-order valence-electron chi connectivity index (χ3n) is 5.05. The Morgan fingerprint density at radius 1 is 0.778 bits per heavy atom. The van der Waals surface area contributed by atoms with Crippen molar-refractivity contribution >= 4 is 0 Å². The van der Waals surface area contributed by atoms with E-state index in [0.717, 1.165) is 36.0 Å². The number of rotatable bonds is 2. The third kappa shape index (κ3) is 10.8. The van der Waals surface area contributed by atoms with Crippen LogP contribution in [-0.4, -0.2) is 0 Å². The zero-order valence-corrected chi connectivity index (χ0v) is 18.3. The van der Waals surface area contributed by atoms with Gasteiger partial charge in [-0.2, -0.15) is 13.2 Å². The topological polar surface area (TPSA) is 0 Å². The lowest BCUT2D eigenvalue weighted by Gasteiger charge is -2.31. The maximum absolute atomic E-state index is 12.3. The molecule has 0 bridgehead atoms. The molecule has 0 amide bonds. The fourth-order valence-electron chi connectivity index (χ4n) is 3.82. The fraction of sp³-hybridized carbons (Fsp3) is 0.750. The van der Waals surface area contributed by atoms with Crippen LogP contribution in [0.15, 0.2) is 24.3 Å². The van der Waals surface area contributed by atoms with Gasteiger partial charge in [-0.25, -0.2) is 0 Å². The lowest BCUT2D eigenvalue weighted by molar-refractivity contribution is -0.137. The summed E-state index contributed by atoms with van der Waals surface area (Å²) < 4.78 is 36.8. The van der Waals surface area contributed by atoms with Crippen molar-refractivity contribution < 1.29 is 13.2 Å². The molecule has 1 saturated carbocycles. The Morgan fingerprint density at radius 2 is 1.26 bits per heavy atom. The summed E-state index contributed by atoms with van der Waals surface area (Å²) in [6.45, 7) is 15.7. The lowest BCUT2D eigenvalue weighted by Crippen LogP contribution is -2.18. The molecule has 0 saturated heterocycles. The molecule has 2 rings (SSSR count). The van der Waals surface area contributed by atoms with Crippen LogP contribution in [0.25, 0.3) is 0 Å². The average Bonchev–Trinajstić information content (AvgIpc) is 2.47. The van der Waals surface area contributed by atoms with Gasteiger partial charge in [0.05, 0.1) is 5.56 Å². The first-order valence-corrected chi connectivity index (χ1v) is 10.3. The number of hydrogen-bond acceptors (Lipinski definition) is 0. The molecule has 1 aliphatic carbocycles. The molecule has 156 valence electrons. The number of alkyl halides is 3. The molecule has 1 aromatic rings. The summed E-state index contributed by atoms with van der Waals surface area (Å²) in [5.74, 6) is 2.03. The molecule has 27 heavy (non-hydrogen) atoms. The Kier molecular flexibility index (Phi) is 8.44. The Bertz CT molecular complexity index is 533. The van der Waals surface area contributed by atoms with Gasteiger partial charge in [-0.05, 0) is 53.2 Å². The SMILES string of the molecule is CC(C)(C)Cc1ccc(C(F)(F)F)cc1.CC1CCC(CC(C)(C)C)CC1. The molecule has 0 spiro atoms. The van der Waals surface area contributed by atoms with Crippen LogP contribution in [0.4, 0.5) is 13.2 Å². The van der Waals surface area contributed by atoms with E-state index in [1.54, 1.807) is 12.1 Å². The van der Waals surface area contributed by atoms with E-state index in [4.69, 9.17) is 0 Å². The molecule has 0 nitrogen and oxygen atoms in total. The van der Waals surface area contributed by atoms with Gasteiger partial charge in [0.25, 0.3) is 0 Å². The van der Waals surface area contributed by atoms with E-state index in [1.807, 2.05) is 0 Å². The van der Waals surface area contributed by atoms with E-state index in [9.17, 15) is 13.2 Å². The van der Waals surface area contributed by atoms with Gasteiger partial charge >= 0.3 is 6.18 Å². The average molecular weight is 385 g/mol. The highest BCUT2D eigenvalue weighted by molar-refractivity contribution is 5.25. The maximum atomic E-state index is 12.3. The monoisotopic (exact) mass is 384 g/mol. The summed E-state index contributed by atoms with van der Waals surface area (Å²) in [4.78, 5) is 0. The Labute approximate surface area is 164 Å². The minimum Gasteiger partial charge on any atom is -0.166 e. The predicted molar refractivity (Wildman–Crippen MR) is 110 cm³/mol. The van der Waals surface area contributed by atoms with Crippen LogP contribution in [0.2, 0.25) is 0 Å². The van der Waals surface area contributed by atoms with Gasteiger partial charge < -0.3 is 0 Å². The second-order valence-corrected chi connectivity index (χ2v) is 10.8. The van der Waals surface area contributed by atoms with Crippen LogP contribution >= 0.6 is 0 Å². The van der Waals surface area contributed by atoms with Crippen LogP contribution in [0.3, 0.4) is 0 Å². The fourth-order valence-corrected chi connectivity index (χ4v) is 3.82. The van der Waals surface area contributed by atoms with E-state index >= 15 is 0 Å². The standard InChI is InChI=1S/C12H15F3.C12H24/c1-11(2,3)8-9-4-6-10(7-5-9)12(13,14)15;1-10-5-7-11(8-6-10)9-12(2,3)4/h4-7H,8H2,1-3H3;10-11H,5-9H2,1-4H3. The number of hydrogen-bond donors (Lipinski definition) is 0. The van der Waals surface area contributed by atoms with Gasteiger partial charge in [0.1, 0.15) is 0 Å². The zero-order valence-electron chi connectivity index (χ0n) is 18.3. The van der Waals surface area contributed by atoms with Gasteiger partial charge in [-0.1, -0.05) is 86.3 Å². The van der Waals surface area contributed by atoms with Crippen molar-refractivity contribution in [3.8, 4) is 0 Å². The first-order chi connectivity index (χ1) is 12.2. The van der Waals surface area contributed by atoms with Gasteiger partial charge in [-0.3, -0.25) is 0 Å². The number of halogens is 3. The summed E-state index contributed by atoms with van der Waals surface area (Å²) in [5, 5.41) is 0. The van der Waals surface area contributed by atoms with Crippen LogP contribution in [-0.2, 0) is 12.6 Å². The molecule has 0 aliphatic heterocycles. The summed E-state index contributed by atoms with van der Waals surface area (Å²) in [6.07, 6.45) is 3.89. The van der Waals surface area contributed by atoms with Gasteiger partial charge in [-0.15, -0.1) is 0 Å². The molecular formula is C24H39F3. The highest BCUT2D eigenvalue weighted by Gasteiger charge is 2.30. The first kappa shape index (κ1) is 24.0. The van der Waals surface area contributed by atoms with Crippen molar-refractivity contribution in [3.05, 3.63) is 35.4 Å². The largest absolute Gasteiger partial charge is 0.416 e. The normalized spacial score (nSPS) is 21.4. The van der Waals surface area contributed by atoms with Gasteiger partial charge in [0, 0.05) is 0 Å². The molecule has 0 atom stereocenters. The van der Waals surface area contributed by atoms with Crippen molar-refractivity contribution in [2.75, 3.05) is 0 Å². The molecule has 0 unspecified atom stereocenters. The van der Waals surface area contributed by atoms with Crippen LogP contribution in [0.5, 0.6) is 0 Å². The van der Waals surface area contributed by atoms with Gasteiger partial charge in [0.15, 0.2) is 0 Å². The van der Waals surface area contributed by atoms with E-state index in [2.05, 4.69) is 48.5 Å². The van der Waals surface area contributed by atoms with E-state index in [1.165, 1.54) is 32.1 Å². The molecule has 1 aliphatic rings. The first-order valence-electron chi connectivity index (χ1n) is 10.3. The Morgan fingerprint density at radius 3 is 1.63 bits per heavy atom. The highest BCUT2D eigenvalue weighted by atomic mass is 19.4. The van der Waals surface area contributed by atoms with Crippen LogP contribution < -0.4 is 0 Å². The van der Waals surface area contributed by atoms with Crippen molar-refractivity contribution in [2.24, 2.45) is 22.7 Å². The predicted octanol–water partition coefficient (Wildman–Crippen LogP) is 8.54. The summed E-state index contributed by atoms with van der Waals surface area (Å²) >= 11 is 0. The summed E-state index contributed by atoms with van der Waals surface area (Å²) in [7, 11) is 0. The third-order valence-corrected chi connectivity index (χ3v) is 5.05. The molecule has 3 heteroatoms. The van der Waals surface area contributed by atoms with Crippen molar-refractivity contribution in [1.82, 2.24) is 0 Å². The van der Waals surface area contributed by atoms with Crippen LogP contribution in [0, 0.1) is 22.7 Å². The molecule has 1 aromatic carbocycles. The minimum atomic E-state index is -4.24. The quantitative estimate of drug-likeness (QED) is 0.479. The number of benzene rings is 1. The van der Waals surface area contributed by atoms with E-state index < -0.39 is 11.7 Å².